The number of hydrogen-bond acceptors (Lipinski definition) is 4. The van der Waals surface area contributed by atoms with Gasteiger partial charge in [0.15, 0.2) is 0 Å². The van der Waals surface area contributed by atoms with E-state index in [2.05, 4.69) is 0 Å². The van der Waals surface area contributed by atoms with Gasteiger partial charge in [0.2, 0.25) is 10.0 Å². The van der Waals surface area contributed by atoms with Gasteiger partial charge in [-0.05, 0) is 57.6 Å². The smallest absolute Gasteiger partial charge is 0.243 e. The molecule has 5 nitrogen and oxygen atoms in total. The molecule has 0 fully saturated rings. The van der Waals surface area contributed by atoms with Crippen molar-refractivity contribution in [1.82, 2.24) is 9.21 Å². The van der Waals surface area contributed by atoms with Crippen LogP contribution in [0.5, 0.6) is 0 Å². The van der Waals surface area contributed by atoms with Crippen molar-refractivity contribution in [3.8, 4) is 0 Å². The third kappa shape index (κ3) is 4.43. The van der Waals surface area contributed by atoms with Crippen LogP contribution in [0.25, 0.3) is 0 Å². The topological polar surface area (TPSA) is 66.6 Å². The van der Waals surface area contributed by atoms with Crippen LogP contribution in [-0.2, 0) is 10.0 Å². The molecule has 0 amide bonds. The molecule has 1 aromatic rings. The lowest BCUT2D eigenvalue weighted by Crippen LogP contribution is -2.37. The maximum absolute atomic E-state index is 12.9. The third-order valence-corrected chi connectivity index (χ3v) is 5.55. The predicted molar refractivity (Wildman–Crippen MR) is 87.9 cm³/mol. The number of rotatable bonds is 7. The van der Waals surface area contributed by atoms with E-state index in [1.165, 1.54) is 0 Å². The number of nitrogen functional groups attached to an aromatic ring is 1. The summed E-state index contributed by atoms with van der Waals surface area (Å²) in [6, 6.07) is 3.37. The van der Waals surface area contributed by atoms with Crippen molar-refractivity contribution in [2.24, 2.45) is 0 Å². The zero-order valence-corrected chi connectivity index (χ0v) is 14.5. The minimum Gasteiger partial charge on any atom is -0.399 e. The van der Waals surface area contributed by atoms with Crippen molar-refractivity contribution in [2.45, 2.75) is 32.1 Å². The molecule has 0 aromatic heterocycles. The van der Waals surface area contributed by atoms with Gasteiger partial charge in [0.1, 0.15) is 0 Å². The Balaban J connectivity index is 3.22. The highest BCUT2D eigenvalue weighted by Gasteiger charge is 2.26. The Hall–Kier alpha value is -1.11. The molecule has 0 unspecified atom stereocenters. The van der Waals surface area contributed by atoms with Crippen LogP contribution >= 0.6 is 0 Å². The van der Waals surface area contributed by atoms with Gasteiger partial charge in [-0.3, -0.25) is 0 Å². The number of hydrogen-bond donors (Lipinski definition) is 1. The predicted octanol–water partition coefficient (Wildman–Crippen LogP) is 1.85. The number of sulfonamides is 1. The van der Waals surface area contributed by atoms with Gasteiger partial charge in [-0.2, -0.15) is 4.31 Å². The number of likely N-dealkylation sites (N-methyl/N-ethyl adjacent to an activating group) is 1. The minimum absolute atomic E-state index is 0.326. The molecule has 0 atom stereocenters. The van der Waals surface area contributed by atoms with Crippen LogP contribution in [0.1, 0.15) is 24.5 Å². The molecule has 0 aliphatic carbocycles. The first kappa shape index (κ1) is 17.9. The quantitative estimate of drug-likeness (QED) is 0.780. The van der Waals surface area contributed by atoms with Crippen molar-refractivity contribution in [1.29, 1.82) is 0 Å². The zero-order valence-electron chi connectivity index (χ0n) is 13.7. The van der Waals surface area contributed by atoms with Gasteiger partial charge in [-0.1, -0.05) is 6.92 Å². The second-order valence-corrected chi connectivity index (χ2v) is 7.57. The van der Waals surface area contributed by atoms with E-state index in [9.17, 15) is 8.42 Å². The van der Waals surface area contributed by atoms with Gasteiger partial charge in [-0.25, -0.2) is 8.42 Å². The lowest BCUT2D eigenvalue weighted by Gasteiger charge is -2.24. The molecule has 0 radical (unpaired) electrons. The van der Waals surface area contributed by atoms with E-state index in [1.54, 1.807) is 16.4 Å². The lowest BCUT2D eigenvalue weighted by atomic mass is 10.1. The molecule has 0 saturated heterocycles. The normalized spacial score (nSPS) is 12.3. The molecule has 120 valence electrons. The lowest BCUT2D eigenvalue weighted by molar-refractivity contribution is 0.333. The van der Waals surface area contributed by atoms with Crippen molar-refractivity contribution in [2.75, 3.05) is 39.5 Å². The summed E-state index contributed by atoms with van der Waals surface area (Å²) in [5.41, 5.74) is 7.99. The first-order valence-corrected chi connectivity index (χ1v) is 8.65. The molecule has 0 aliphatic rings. The number of nitrogens with zero attached hydrogens (tertiary/aromatic N) is 2. The van der Waals surface area contributed by atoms with Crippen LogP contribution in [0.3, 0.4) is 0 Å². The summed E-state index contributed by atoms with van der Waals surface area (Å²) >= 11 is 0. The summed E-state index contributed by atoms with van der Waals surface area (Å²) in [6.07, 6.45) is 0.785. The van der Waals surface area contributed by atoms with E-state index in [0.717, 1.165) is 17.5 Å². The van der Waals surface area contributed by atoms with Gasteiger partial charge in [-0.15, -0.1) is 0 Å². The Morgan fingerprint density at radius 2 is 1.71 bits per heavy atom. The SMILES string of the molecule is CCCN(CCN(C)C)S(=O)(=O)c1cc(N)cc(C)c1C. The van der Waals surface area contributed by atoms with Crippen LogP contribution in [0.4, 0.5) is 5.69 Å². The second kappa shape index (κ2) is 7.24. The summed E-state index contributed by atoms with van der Waals surface area (Å²) in [5.74, 6) is 0. The fraction of sp³-hybridized carbons (Fsp3) is 0.600. The van der Waals surface area contributed by atoms with Crippen molar-refractivity contribution in [3.05, 3.63) is 23.3 Å². The monoisotopic (exact) mass is 313 g/mol. The summed E-state index contributed by atoms with van der Waals surface area (Å²) in [6.45, 7) is 7.39. The van der Waals surface area contributed by atoms with Crippen LogP contribution in [-0.4, -0.2) is 51.4 Å². The number of benzene rings is 1. The van der Waals surface area contributed by atoms with Crippen LogP contribution in [0.2, 0.25) is 0 Å². The molecule has 1 rings (SSSR count). The van der Waals surface area contributed by atoms with Gasteiger partial charge < -0.3 is 10.6 Å². The Kier molecular flexibility index (Phi) is 6.19. The second-order valence-electron chi connectivity index (χ2n) is 5.67. The summed E-state index contributed by atoms with van der Waals surface area (Å²) in [7, 11) is 0.366. The molecular weight excluding hydrogens is 286 g/mol. The van der Waals surface area contributed by atoms with Crippen LogP contribution < -0.4 is 5.73 Å². The van der Waals surface area contributed by atoms with Crippen molar-refractivity contribution in [3.63, 3.8) is 0 Å². The third-order valence-electron chi connectivity index (χ3n) is 3.53. The molecule has 1 aromatic carbocycles. The largest absolute Gasteiger partial charge is 0.399 e. The molecule has 0 saturated carbocycles. The standard InChI is InChI=1S/C15H27N3O2S/c1-6-7-18(9-8-17(4)5)21(19,20)15-11-14(16)10-12(2)13(15)3/h10-11H,6-9,16H2,1-5H3. The first-order chi connectivity index (χ1) is 9.70. The Morgan fingerprint density at radius 1 is 1.10 bits per heavy atom. The van der Waals surface area contributed by atoms with E-state index >= 15 is 0 Å². The average molecular weight is 313 g/mol. The maximum atomic E-state index is 12.9. The highest BCUT2D eigenvalue weighted by molar-refractivity contribution is 7.89. The Labute approximate surface area is 128 Å². The highest BCUT2D eigenvalue weighted by atomic mass is 32.2. The van der Waals surface area contributed by atoms with E-state index in [-0.39, 0.29) is 0 Å². The molecule has 0 heterocycles. The molecule has 0 aliphatic heterocycles. The van der Waals surface area contributed by atoms with Crippen molar-refractivity contribution >= 4 is 15.7 Å². The number of aryl methyl sites for hydroxylation is 1. The van der Waals surface area contributed by atoms with Crippen LogP contribution in [0.15, 0.2) is 17.0 Å². The van der Waals surface area contributed by atoms with E-state index in [4.69, 9.17) is 5.73 Å². The minimum atomic E-state index is -3.51. The maximum Gasteiger partial charge on any atom is 0.243 e. The molecule has 21 heavy (non-hydrogen) atoms. The molecule has 0 bridgehead atoms. The fourth-order valence-electron chi connectivity index (χ4n) is 2.17. The van der Waals surface area contributed by atoms with E-state index in [1.807, 2.05) is 39.8 Å². The summed E-state index contributed by atoms with van der Waals surface area (Å²) in [5, 5.41) is 0. The van der Waals surface area contributed by atoms with Gasteiger partial charge >= 0.3 is 0 Å². The zero-order chi connectivity index (χ0) is 16.2. The Bertz CT molecular complexity index is 583. The van der Waals surface area contributed by atoms with Crippen molar-refractivity contribution < 1.29 is 8.42 Å². The number of anilines is 1. The van der Waals surface area contributed by atoms with Gasteiger partial charge in [0, 0.05) is 25.3 Å². The Morgan fingerprint density at radius 3 is 2.24 bits per heavy atom. The van der Waals surface area contributed by atoms with Crippen LogP contribution in [0, 0.1) is 13.8 Å². The van der Waals surface area contributed by atoms with E-state index < -0.39 is 10.0 Å². The fourth-order valence-corrected chi connectivity index (χ4v) is 4.03. The van der Waals surface area contributed by atoms with E-state index in [0.29, 0.717) is 30.2 Å². The molecule has 0 spiro atoms. The summed E-state index contributed by atoms with van der Waals surface area (Å²) < 4.78 is 27.4. The molecule has 2 N–H and O–H groups in total. The van der Waals surface area contributed by atoms with Gasteiger partial charge in [0.05, 0.1) is 4.90 Å². The molecule has 6 heteroatoms. The summed E-state index contributed by atoms with van der Waals surface area (Å²) in [4.78, 5) is 2.31. The highest BCUT2D eigenvalue weighted by Crippen LogP contribution is 2.25. The first-order valence-electron chi connectivity index (χ1n) is 7.21. The average Bonchev–Trinajstić information content (AvgIpc) is 2.38. The number of nitrogens with two attached hydrogens (primary N) is 1. The van der Waals surface area contributed by atoms with Gasteiger partial charge in [0.25, 0.3) is 0 Å². The molecular formula is C15H27N3O2S.